The minimum Gasteiger partial charge on any atom is -0.274 e. The van der Waals surface area contributed by atoms with Crippen molar-refractivity contribution in [1.82, 2.24) is 14.6 Å². The Bertz CT molecular complexity index is 1120. The number of fused-ring (bicyclic) bond motifs is 2. The number of halogens is 4. The standard InChI is InChI=1S/C19H14ClF3N4O/c20-13-3-1-2-11-9-16(28)26(17(11)13)18-12(19(21,22)23)6-7-15-24-14(25-27(15)18)8-10-4-5-10/h1-3,6-7,10H,4-5,8-9H2. The van der Waals surface area contributed by atoms with Crippen LogP contribution in [0.1, 0.15) is 29.8 Å². The second kappa shape index (κ2) is 5.94. The number of pyridine rings is 1. The SMILES string of the molecule is O=C1Cc2cccc(Cl)c2N1c1c(C(F)(F)F)ccc2nc(CC3CC3)nn12. The Balaban J connectivity index is 1.77. The molecule has 1 aromatic carbocycles. The fraction of sp³-hybridized carbons (Fsp3) is 0.316. The number of carbonyl (C=O) groups excluding carboxylic acids is 1. The van der Waals surface area contributed by atoms with Crippen molar-refractivity contribution < 1.29 is 18.0 Å². The largest absolute Gasteiger partial charge is 0.419 e. The molecule has 0 saturated heterocycles. The van der Waals surface area contributed by atoms with E-state index in [9.17, 15) is 18.0 Å². The molecule has 9 heteroatoms. The first-order valence-electron chi connectivity index (χ1n) is 8.89. The van der Waals surface area contributed by atoms with Crippen molar-refractivity contribution in [2.24, 2.45) is 5.92 Å². The maximum absolute atomic E-state index is 13.8. The van der Waals surface area contributed by atoms with E-state index in [1.54, 1.807) is 18.2 Å². The number of hydrogen-bond donors (Lipinski definition) is 0. The van der Waals surface area contributed by atoms with Crippen molar-refractivity contribution in [3.05, 3.63) is 52.3 Å². The minimum atomic E-state index is -4.67. The number of nitrogens with zero attached hydrogens (tertiary/aromatic N) is 4. The molecule has 2 aliphatic rings. The van der Waals surface area contributed by atoms with Crippen LogP contribution >= 0.6 is 11.6 Å². The van der Waals surface area contributed by atoms with E-state index < -0.39 is 17.6 Å². The zero-order chi connectivity index (χ0) is 19.6. The lowest BCUT2D eigenvalue weighted by molar-refractivity contribution is -0.137. The third-order valence-electron chi connectivity index (χ3n) is 5.09. The lowest BCUT2D eigenvalue weighted by Gasteiger charge is -2.23. The van der Waals surface area contributed by atoms with Crippen LogP contribution < -0.4 is 4.90 Å². The highest BCUT2D eigenvalue weighted by atomic mass is 35.5. The molecule has 0 bridgehead atoms. The van der Waals surface area contributed by atoms with Crippen LogP contribution in [0.2, 0.25) is 5.02 Å². The van der Waals surface area contributed by atoms with Crippen molar-refractivity contribution in [3.8, 4) is 0 Å². The molecule has 0 N–H and O–H groups in total. The van der Waals surface area contributed by atoms with Crippen LogP contribution in [0.3, 0.4) is 0 Å². The number of para-hydroxylation sites is 1. The van der Waals surface area contributed by atoms with Crippen molar-refractivity contribution in [2.75, 3.05) is 4.90 Å². The van der Waals surface area contributed by atoms with Crippen LogP contribution in [0.15, 0.2) is 30.3 Å². The summed E-state index contributed by atoms with van der Waals surface area (Å²) in [6, 6.07) is 7.14. The summed E-state index contributed by atoms with van der Waals surface area (Å²) >= 11 is 6.26. The summed E-state index contributed by atoms with van der Waals surface area (Å²) in [7, 11) is 0. The Morgan fingerprint density at radius 2 is 1.96 bits per heavy atom. The van der Waals surface area contributed by atoms with Crippen molar-refractivity contribution in [1.29, 1.82) is 0 Å². The molecular weight excluding hydrogens is 393 g/mol. The molecule has 144 valence electrons. The van der Waals surface area contributed by atoms with Gasteiger partial charge in [-0.2, -0.15) is 17.7 Å². The number of hydrogen-bond acceptors (Lipinski definition) is 3. The molecule has 5 nitrogen and oxygen atoms in total. The third-order valence-corrected chi connectivity index (χ3v) is 5.39. The lowest BCUT2D eigenvalue weighted by Crippen LogP contribution is -2.27. The lowest BCUT2D eigenvalue weighted by atomic mass is 10.1. The summed E-state index contributed by atoms with van der Waals surface area (Å²) in [6.45, 7) is 0. The summed E-state index contributed by atoms with van der Waals surface area (Å²) in [5, 5.41) is 4.53. The van der Waals surface area contributed by atoms with Gasteiger partial charge in [-0.05, 0) is 42.5 Å². The number of amides is 1. The molecule has 1 aliphatic heterocycles. The van der Waals surface area contributed by atoms with Crippen molar-refractivity contribution in [2.45, 2.75) is 31.9 Å². The highest BCUT2D eigenvalue weighted by molar-refractivity contribution is 6.35. The summed E-state index contributed by atoms with van der Waals surface area (Å²) in [5.41, 5.74) is 0.170. The number of alkyl halides is 3. The average Bonchev–Trinajstić information content (AvgIpc) is 3.22. The number of anilines is 2. The molecule has 0 atom stereocenters. The summed E-state index contributed by atoms with van der Waals surface area (Å²) in [4.78, 5) is 18.1. The third kappa shape index (κ3) is 2.74. The Hall–Kier alpha value is -2.61. The maximum Gasteiger partial charge on any atom is 0.419 e. The van der Waals surface area contributed by atoms with E-state index in [1.165, 1.54) is 6.07 Å². The van der Waals surface area contributed by atoms with Gasteiger partial charge in [-0.1, -0.05) is 23.7 Å². The molecule has 1 amide bonds. The molecule has 1 aliphatic carbocycles. The molecule has 3 heterocycles. The predicted molar refractivity (Wildman–Crippen MR) is 96.7 cm³/mol. The molecule has 0 radical (unpaired) electrons. The van der Waals surface area contributed by atoms with Crippen LogP contribution in [0.5, 0.6) is 0 Å². The van der Waals surface area contributed by atoms with Gasteiger partial charge in [0, 0.05) is 6.42 Å². The zero-order valence-electron chi connectivity index (χ0n) is 14.5. The van der Waals surface area contributed by atoms with Gasteiger partial charge in [0.1, 0.15) is 0 Å². The van der Waals surface area contributed by atoms with Gasteiger partial charge in [-0.3, -0.25) is 9.69 Å². The van der Waals surface area contributed by atoms with Gasteiger partial charge in [0.25, 0.3) is 0 Å². The molecule has 1 fully saturated rings. The molecule has 5 rings (SSSR count). The fourth-order valence-electron chi connectivity index (χ4n) is 3.63. The Kier molecular flexibility index (Phi) is 3.71. The Morgan fingerprint density at radius 1 is 1.18 bits per heavy atom. The van der Waals surface area contributed by atoms with Gasteiger partial charge < -0.3 is 0 Å². The molecule has 2 aromatic heterocycles. The molecular formula is C19H14ClF3N4O. The topological polar surface area (TPSA) is 50.5 Å². The van der Waals surface area contributed by atoms with E-state index in [4.69, 9.17) is 11.6 Å². The van der Waals surface area contributed by atoms with Gasteiger partial charge >= 0.3 is 6.18 Å². The van der Waals surface area contributed by atoms with Gasteiger partial charge in [0.05, 0.1) is 22.7 Å². The summed E-state index contributed by atoms with van der Waals surface area (Å²) in [6.07, 6.45) is -1.93. The van der Waals surface area contributed by atoms with Crippen LogP contribution in [-0.4, -0.2) is 20.5 Å². The average molecular weight is 407 g/mol. The van der Waals surface area contributed by atoms with Crippen molar-refractivity contribution >= 4 is 34.7 Å². The van der Waals surface area contributed by atoms with E-state index in [2.05, 4.69) is 10.1 Å². The van der Waals surface area contributed by atoms with Gasteiger partial charge in [0.15, 0.2) is 17.3 Å². The van der Waals surface area contributed by atoms with E-state index >= 15 is 0 Å². The zero-order valence-corrected chi connectivity index (χ0v) is 15.3. The van der Waals surface area contributed by atoms with Crippen LogP contribution in [0, 0.1) is 5.92 Å². The molecule has 0 unspecified atom stereocenters. The number of benzene rings is 1. The number of aromatic nitrogens is 3. The first-order valence-corrected chi connectivity index (χ1v) is 9.27. The fourth-order valence-corrected chi connectivity index (χ4v) is 3.90. The first kappa shape index (κ1) is 17.5. The number of rotatable bonds is 3. The summed E-state index contributed by atoms with van der Waals surface area (Å²) in [5.74, 6) is 0.109. The minimum absolute atomic E-state index is 0.0206. The van der Waals surface area contributed by atoms with Gasteiger partial charge in [-0.25, -0.2) is 4.98 Å². The van der Waals surface area contributed by atoms with E-state index in [0.29, 0.717) is 23.7 Å². The highest BCUT2D eigenvalue weighted by Crippen LogP contribution is 2.45. The molecule has 1 saturated carbocycles. The van der Waals surface area contributed by atoms with Crippen molar-refractivity contribution in [3.63, 3.8) is 0 Å². The van der Waals surface area contributed by atoms with Crippen LogP contribution in [0.4, 0.5) is 24.7 Å². The van der Waals surface area contributed by atoms with E-state index in [0.717, 1.165) is 28.3 Å². The Labute approximate surface area is 162 Å². The van der Waals surface area contributed by atoms with Crippen LogP contribution in [0.25, 0.3) is 5.65 Å². The second-order valence-electron chi connectivity index (χ2n) is 7.17. The maximum atomic E-state index is 13.8. The smallest absolute Gasteiger partial charge is 0.274 e. The predicted octanol–water partition coefficient (Wildman–Crippen LogP) is 4.57. The molecule has 28 heavy (non-hydrogen) atoms. The molecule has 3 aromatic rings. The monoisotopic (exact) mass is 406 g/mol. The van der Waals surface area contributed by atoms with E-state index in [-0.39, 0.29) is 28.6 Å². The number of carbonyl (C=O) groups is 1. The van der Waals surface area contributed by atoms with Gasteiger partial charge in [-0.15, -0.1) is 5.10 Å². The second-order valence-corrected chi connectivity index (χ2v) is 7.57. The summed E-state index contributed by atoms with van der Waals surface area (Å²) < 4.78 is 42.6. The van der Waals surface area contributed by atoms with Crippen LogP contribution in [-0.2, 0) is 23.8 Å². The first-order chi connectivity index (χ1) is 13.3. The quantitative estimate of drug-likeness (QED) is 0.640. The normalized spacial score (nSPS) is 16.9. The molecule has 0 spiro atoms. The van der Waals surface area contributed by atoms with Gasteiger partial charge in [0.2, 0.25) is 5.91 Å². The van der Waals surface area contributed by atoms with E-state index in [1.807, 2.05) is 0 Å². The Morgan fingerprint density at radius 3 is 2.68 bits per heavy atom. The highest BCUT2D eigenvalue weighted by Gasteiger charge is 2.42.